The molecule has 0 aliphatic rings. The summed E-state index contributed by atoms with van der Waals surface area (Å²) < 4.78 is 5.29. The van der Waals surface area contributed by atoms with E-state index in [4.69, 9.17) is 16.3 Å². The van der Waals surface area contributed by atoms with Crippen molar-refractivity contribution in [3.8, 4) is 0 Å². The minimum absolute atomic E-state index is 0.169. The van der Waals surface area contributed by atoms with Crippen LogP contribution in [0.15, 0.2) is 30.3 Å². The Kier molecular flexibility index (Phi) is 5.74. The highest BCUT2D eigenvalue weighted by molar-refractivity contribution is 7.20. The Morgan fingerprint density at radius 1 is 1.27 bits per heavy atom. The van der Waals surface area contributed by atoms with Crippen LogP contribution in [0.3, 0.4) is 0 Å². The number of benzene rings is 1. The number of carbonyl (C=O) groups excluding carboxylic acids is 1. The highest BCUT2D eigenvalue weighted by Gasteiger charge is 2.22. The van der Waals surface area contributed by atoms with Crippen LogP contribution in [0.2, 0.25) is 5.28 Å². The van der Waals surface area contributed by atoms with Crippen LogP contribution in [0.25, 0.3) is 10.2 Å². The number of esters is 1. The lowest BCUT2D eigenvalue weighted by atomic mass is 10.1. The lowest BCUT2D eigenvalue weighted by Gasteiger charge is -2.19. The maximum absolute atomic E-state index is 12.3. The Morgan fingerprint density at radius 3 is 2.69 bits per heavy atom. The fourth-order valence-corrected chi connectivity index (χ4v) is 4.04. The summed E-state index contributed by atoms with van der Waals surface area (Å²) in [7, 11) is 1.96. The van der Waals surface area contributed by atoms with Gasteiger partial charge in [0.1, 0.15) is 15.5 Å². The molecule has 5 nitrogen and oxygen atoms in total. The number of rotatable bonds is 6. The summed E-state index contributed by atoms with van der Waals surface area (Å²) in [4.78, 5) is 24.4. The zero-order chi connectivity index (χ0) is 18.7. The van der Waals surface area contributed by atoms with Gasteiger partial charge in [0.2, 0.25) is 5.28 Å². The molecule has 0 saturated heterocycles. The number of nitrogens with zero attached hydrogens (tertiary/aromatic N) is 3. The average Bonchev–Trinajstić information content (AvgIpc) is 2.96. The molecule has 0 unspecified atom stereocenters. The molecule has 7 heteroatoms. The zero-order valence-electron chi connectivity index (χ0n) is 15.0. The Morgan fingerprint density at radius 2 is 2.00 bits per heavy atom. The second-order valence-corrected chi connectivity index (χ2v) is 7.37. The normalized spacial score (nSPS) is 10.9. The van der Waals surface area contributed by atoms with E-state index >= 15 is 0 Å². The quantitative estimate of drug-likeness (QED) is 0.445. The molecule has 136 valence electrons. The van der Waals surface area contributed by atoms with Crippen molar-refractivity contribution in [2.75, 3.05) is 18.6 Å². The monoisotopic (exact) mass is 389 g/mol. The van der Waals surface area contributed by atoms with Crippen LogP contribution in [0.1, 0.15) is 34.1 Å². The molecular weight excluding hydrogens is 370 g/mol. The summed E-state index contributed by atoms with van der Waals surface area (Å²) >= 11 is 7.43. The van der Waals surface area contributed by atoms with E-state index in [-0.39, 0.29) is 11.3 Å². The van der Waals surface area contributed by atoms with Crippen molar-refractivity contribution in [2.45, 2.75) is 26.8 Å². The average molecular weight is 390 g/mol. The van der Waals surface area contributed by atoms with Crippen LogP contribution >= 0.6 is 22.9 Å². The second-order valence-electron chi connectivity index (χ2n) is 6.03. The van der Waals surface area contributed by atoms with Crippen molar-refractivity contribution in [1.29, 1.82) is 0 Å². The van der Waals surface area contributed by atoms with Crippen molar-refractivity contribution >= 4 is 44.9 Å². The molecule has 0 N–H and O–H groups in total. The van der Waals surface area contributed by atoms with Crippen molar-refractivity contribution in [3.05, 3.63) is 51.6 Å². The van der Waals surface area contributed by atoms with Gasteiger partial charge in [-0.05, 0) is 36.1 Å². The maximum Gasteiger partial charge on any atom is 0.348 e. The number of aromatic nitrogens is 2. The number of aryl methyl sites for hydroxylation is 1. The zero-order valence-corrected chi connectivity index (χ0v) is 16.5. The molecule has 0 radical (unpaired) electrons. The number of anilines is 1. The van der Waals surface area contributed by atoms with Gasteiger partial charge in [-0.25, -0.2) is 9.78 Å². The minimum Gasteiger partial charge on any atom is -0.462 e. The summed E-state index contributed by atoms with van der Waals surface area (Å²) in [6.07, 6.45) is 0.784. The first-order valence-corrected chi connectivity index (χ1v) is 9.59. The predicted molar refractivity (Wildman–Crippen MR) is 106 cm³/mol. The minimum atomic E-state index is -0.319. The van der Waals surface area contributed by atoms with Gasteiger partial charge in [0, 0.05) is 13.6 Å². The fourth-order valence-electron chi connectivity index (χ4n) is 2.76. The summed E-state index contributed by atoms with van der Waals surface area (Å²) in [5.41, 5.74) is 1.99. The van der Waals surface area contributed by atoms with Crippen LogP contribution in [0.5, 0.6) is 0 Å². The van der Waals surface area contributed by atoms with Crippen LogP contribution < -0.4 is 4.90 Å². The van der Waals surface area contributed by atoms with E-state index < -0.39 is 0 Å². The van der Waals surface area contributed by atoms with Crippen LogP contribution in [-0.2, 0) is 11.3 Å². The Bertz CT molecular complexity index is 927. The van der Waals surface area contributed by atoms with Gasteiger partial charge < -0.3 is 9.64 Å². The molecule has 2 aromatic heterocycles. The molecule has 3 aromatic rings. The largest absolute Gasteiger partial charge is 0.462 e. The highest BCUT2D eigenvalue weighted by Crippen LogP contribution is 2.36. The molecular formula is C19H20ClN3O2S. The van der Waals surface area contributed by atoms with Crippen LogP contribution in [0.4, 0.5) is 5.82 Å². The third kappa shape index (κ3) is 3.81. The third-order valence-electron chi connectivity index (χ3n) is 3.99. The number of hydrogen-bond acceptors (Lipinski definition) is 6. The first-order chi connectivity index (χ1) is 12.5. The van der Waals surface area contributed by atoms with Gasteiger partial charge in [-0.1, -0.05) is 37.3 Å². The summed E-state index contributed by atoms with van der Waals surface area (Å²) in [6.45, 7) is 4.94. The summed E-state index contributed by atoms with van der Waals surface area (Å²) in [5.74, 6) is 0.396. The van der Waals surface area contributed by atoms with Gasteiger partial charge in [0.15, 0.2) is 0 Å². The standard InChI is InChI=1S/C19H20ClN3O2S/c1-4-10-25-18(24)15-12(2)14-16(21-19(20)22-17(14)26-15)23(3)11-13-8-6-5-7-9-13/h5-9H,4,10-11H2,1-3H3. The van der Waals surface area contributed by atoms with Crippen molar-refractivity contribution < 1.29 is 9.53 Å². The number of thiophene rings is 1. The number of halogens is 1. The summed E-state index contributed by atoms with van der Waals surface area (Å²) in [6, 6.07) is 10.1. The van der Waals surface area contributed by atoms with Crippen LogP contribution in [-0.4, -0.2) is 29.6 Å². The molecule has 0 fully saturated rings. The van der Waals surface area contributed by atoms with Gasteiger partial charge in [-0.15, -0.1) is 11.3 Å². The molecule has 2 heterocycles. The van der Waals surface area contributed by atoms with Crippen LogP contribution in [0, 0.1) is 6.92 Å². The first-order valence-electron chi connectivity index (χ1n) is 8.40. The molecule has 0 saturated carbocycles. The first kappa shape index (κ1) is 18.6. The Balaban J connectivity index is 2.02. The van der Waals surface area contributed by atoms with Crippen molar-refractivity contribution in [3.63, 3.8) is 0 Å². The predicted octanol–water partition coefficient (Wildman–Crippen LogP) is 4.86. The molecule has 0 bridgehead atoms. The fraction of sp³-hybridized carbons (Fsp3) is 0.316. The third-order valence-corrected chi connectivity index (χ3v) is 5.33. The van der Waals surface area contributed by atoms with Gasteiger partial charge in [0.05, 0.1) is 12.0 Å². The van der Waals surface area contributed by atoms with Gasteiger partial charge in [0.25, 0.3) is 0 Å². The van der Waals surface area contributed by atoms with Crippen molar-refractivity contribution in [2.24, 2.45) is 0 Å². The van der Waals surface area contributed by atoms with E-state index in [1.54, 1.807) is 0 Å². The number of carbonyl (C=O) groups is 1. The number of hydrogen-bond donors (Lipinski definition) is 0. The van der Waals surface area contributed by atoms with E-state index in [9.17, 15) is 4.79 Å². The Labute approximate surface area is 161 Å². The molecule has 0 spiro atoms. The lowest BCUT2D eigenvalue weighted by Crippen LogP contribution is -2.18. The lowest BCUT2D eigenvalue weighted by molar-refractivity contribution is 0.0510. The van der Waals surface area contributed by atoms with Gasteiger partial charge in [-0.2, -0.15) is 4.98 Å². The molecule has 0 amide bonds. The maximum atomic E-state index is 12.3. The smallest absolute Gasteiger partial charge is 0.348 e. The molecule has 3 rings (SSSR count). The molecule has 0 aliphatic heterocycles. The second kappa shape index (κ2) is 8.01. The van der Waals surface area contributed by atoms with Gasteiger partial charge >= 0.3 is 5.97 Å². The SMILES string of the molecule is CCCOC(=O)c1sc2nc(Cl)nc(N(C)Cc3ccccc3)c2c1C. The topological polar surface area (TPSA) is 55.3 Å². The summed E-state index contributed by atoms with van der Waals surface area (Å²) in [5, 5.41) is 1.02. The molecule has 1 aromatic carbocycles. The van der Waals surface area contributed by atoms with Crippen molar-refractivity contribution in [1.82, 2.24) is 9.97 Å². The number of ether oxygens (including phenoxy) is 1. The van der Waals surface area contributed by atoms with Gasteiger partial charge in [-0.3, -0.25) is 0 Å². The van der Waals surface area contributed by atoms with E-state index in [1.807, 2.05) is 44.0 Å². The van der Waals surface area contributed by atoms with E-state index in [0.29, 0.717) is 28.7 Å². The molecule has 0 atom stereocenters. The highest BCUT2D eigenvalue weighted by atomic mass is 35.5. The molecule has 0 aliphatic carbocycles. The Hall–Kier alpha value is -2.18. The van der Waals surface area contributed by atoms with E-state index in [2.05, 4.69) is 22.1 Å². The van der Waals surface area contributed by atoms with E-state index in [1.165, 1.54) is 11.3 Å². The molecule has 26 heavy (non-hydrogen) atoms. The van der Waals surface area contributed by atoms with E-state index in [0.717, 1.165) is 22.9 Å². The number of fused-ring (bicyclic) bond motifs is 1.